The van der Waals surface area contributed by atoms with Gasteiger partial charge in [-0.05, 0) is 36.0 Å². The number of hydrogen-bond acceptors (Lipinski definition) is 7. The number of anilines is 1. The molecule has 0 bridgehead atoms. The van der Waals surface area contributed by atoms with E-state index in [0.29, 0.717) is 12.2 Å². The quantitative estimate of drug-likeness (QED) is 0.672. The third-order valence-electron chi connectivity index (χ3n) is 5.34. The fourth-order valence-electron chi connectivity index (χ4n) is 3.58. The van der Waals surface area contributed by atoms with E-state index in [0.717, 1.165) is 30.4 Å². The summed E-state index contributed by atoms with van der Waals surface area (Å²) in [5, 5.41) is 3.12. The highest BCUT2D eigenvalue weighted by atomic mass is 35.5. The van der Waals surface area contributed by atoms with Crippen LogP contribution in [0.5, 0.6) is 0 Å². The number of carbonyl (C=O) groups excluding carboxylic acids is 2. The van der Waals surface area contributed by atoms with Crippen molar-refractivity contribution >= 4 is 34.9 Å². The highest BCUT2D eigenvalue weighted by molar-refractivity contribution is 6.35. The van der Waals surface area contributed by atoms with Crippen LogP contribution in [0.15, 0.2) is 30.3 Å². The highest BCUT2D eigenvalue weighted by Gasteiger charge is 2.32. The molecule has 1 aromatic heterocycles. The van der Waals surface area contributed by atoms with E-state index in [-0.39, 0.29) is 22.5 Å². The van der Waals surface area contributed by atoms with Crippen molar-refractivity contribution < 1.29 is 19.1 Å². The number of ether oxygens (including phenoxy) is 2. The summed E-state index contributed by atoms with van der Waals surface area (Å²) in [6, 6.07) is 7.37. The van der Waals surface area contributed by atoms with Crippen molar-refractivity contribution in [3.8, 4) is 0 Å². The van der Waals surface area contributed by atoms with Crippen LogP contribution in [0.1, 0.15) is 52.6 Å². The number of methoxy groups -OCH3 is 2. The maximum Gasteiger partial charge on any atom is 0.358 e. The number of esters is 2. The first kappa shape index (κ1) is 20.3. The summed E-state index contributed by atoms with van der Waals surface area (Å²) in [4.78, 5) is 33.5. The molecule has 2 aromatic rings. The van der Waals surface area contributed by atoms with Gasteiger partial charge in [-0.3, -0.25) is 0 Å². The number of nitrogens with one attached hydrogen (secondary N) is 1. The lowest BCUT2D eigenvalue weighted by Gasteiger charge is -2.20. The number of halogens is 1. The van der Waals surface area contributed by atoms with E-state index in [2.05, 4.69) is 27.4 Å². The highest BCUT2D eigenvalue weighted by Crippen LogP contribution is 2.40. The van der Waals surface area contributed by atoms with E-state index in [4.69, 9.17) is 21.1 Å². The summed E-state index contributed by atoms with van der Waals surface area (Å²) >= 11 is 6.41. The van der Waals surface area contributed by atoms with E-state index >= 15 is 0 Å². The van der Waals surface area contributed by atoms with Crippen LogP contribution in [0.2, 0.25) is 5.02 Å². The zero-order valence-electron chi connectivity index (χ0n) is 16.8. The second kappa shape index (κ2) is 8.44. The minimum Gasteiger partial charge on any atom is -0.467 e. The summed E-state index contributed by atoms with van der Waals surface area (Å²) < 4.78 is 9.81. The third kappa shape index (κ3) is 4.03. The van der Waals surface area contributed by atoms with Gasteiger partial charge in [0.1, 0.15) is 22.7 Å². The van der Waals surface area contributed by atoms with Gasteiger partial charge >= 0.3 is 11.9 Å². The predicted molar refractivity (Wildman–Crippen MR) is 113 cm³/mol. The molecule has 1 N–H and O–H groups in total. The SMILES string of the molecule is COC(=O)c1nc(C2CC2)nc(NC(CC2=CCc3ccccc32)C(=O)OC)c1Cl. The molecule has 1 heterocycles. The Balaban J connectivity index is 1.65. The molecule has 7 nitrogen and oxygen atoms in total. The Morgan fingerprint density at radius 2 is 1.97 bits per heavy atom. The standard InChI is InChI=1S/C22H22ClN3O4/c1-29-21(27)16(11-14-10-7-12-5-3-4-6-15(12)14)24-20-17(23)18(22(28)30-2)25-19(26-20)13-8-9-13/h3-6,10,13,16H,7-9,11H2,1-2H3,(H,24,25,26). The number of hydrogen-bond donors (Lipinski definition) is 1. The summed E-state index contributed by atoms with van der Waals surface area (Å²) in [7, 11) is 2.61. The molecule has 1 saturated carbocycles. The molecule has 1 atom stereocenters. The molecular formula is C22H22ClN3O4. The number of aromatic nitrogens is 2. The first-order valence-electron chi connectivity index (χ1n) is 9.79. The number of allylic oxidation sites excluding steroid dienone is 1. The average molecular weight is 428 g/mol. The molecule has 2 aliphatic carbocycles. The average Bonchev–Trinajstić information content (AvgIpc) is 3.54. The Morgan fingerprint density at radius 1 is 1.20 bits per heavy atom. The van der Waals surface area contributed by atoms with Gasteiger partial charge in [0.15, 0.2) is 5.69 Å². The molecule has 1 fully saturated rings. The molecular weight excluding hydrogens is 406 g/mol. The van der Waals surface area contributed by atoms with Crippen molar-refractivity contribution in [2.24, 2.45) is 0 Å². The van der Waals surface area contributed by atoms with Gasteiger partial charge in [0.2, 0.25) is 0 Å². The molecule has 30 heavy (non-hydrogen) atoms. The minimum atomic E-state index is -0.725. The van der Waals surface area contributed by atoms with Gasteiger partial charge in [0.25, 0.3) is 0 Å². The number of fused-ring (bicyclic) bond motifs is 1. The topological polar surface area (TPSA) is 90.4 Å². The fourth-order valence-corrected chi connectivity index (χ4v) is 3.80. The number of rotatable bonds is 7. The molecule has 0 aliphatic heterocycles. The second-order valence-corrected chi connectivity index (χ2v) is 7.75. The van der Waals surface area contributed by atoms with Crippen LogP contribution in [0.25, 0.3) is 5.57 Å². The van der Waals surface area contributed by atoms with Crippen LogP contribution >= 0.6 is 11.6 Å². The molecule has 1 aromatic carbocycles. The van der Waals surface area contributed by atoms with E-state index in [9.17, 15) is 9.59 Å². The van der Waals surface area contributed by atoms with Crippen molar-refractivity contribution in [2.75, 3.05) is 19.5 Å². The van der Waals surface area contributed by atoms with Crippen molar-refractivity contribution in [2.45, 2.75) is 37.6 Å². The first-order valence-corrected chi connectivity index (χ1v) is 10.2. The van der Waals surface area contributed by atoms with Crippen LogP contribution in [-0.2, 0) is 20.7 Å². The first-order chi connectivity index (χ1) is 14.5. The van der Waals surface area contributed by atoms with Gasteiger partial charge in [0, 0.05) is 12.3 Å². The maximum atomic E-state index is 12.5. The molecule has 0 spiro atoms. The monoisotopic (exact) mass is 427 g/mol. The van der Waals surface area contributed by atoms with Crippen molar-refractivity contribution in [1.82, 2.24) is 9.97 Å². The zero-order valence-corrected chi connectivity index (χ0v) is 17.5. The van der Waals surface area contributed by atoms with Crippen molar-refractivity contribution in [3.05, 3.63) is 58.0 Å². The molecule has 0 amide bonds. The van der Waals surface area contributed by atoms with Crippen LogP contribution in [-0.4, -0.2) is 42.2 Å². The smallest absolute Gasteiger partial charge is 0.358 e. The molecule has 0 saturated heterocycles. The summed E-state index contributed by atoms with van der Waals surface area (Å²) in [5.41, 5.74) is 3.39. The Bertz CT molecular complexity index is 1030. The Labute approximate surface area is 179 Å². The van der Waals surface area contributed by atoms with E-state index in [1.807, 2.05) is 18.2 Å². The van der Waals surface area contributed by atoms with Crippen LogP contribution in [0, 0.1) is 0 Å². The summed E-state index contributed by atoms with van der Waals surface area (Å²) in [6.07, 6.45) is 5.24. The van der Waals surface area contributed by atoms with Gasteiger partial charge in [-0.15, -0.1) is 0 Å². The number of benzene rings is 1. The Hall–Kier alpha value is -2.93. The molecule has 156 valence electrons. The Kier molecular flexibility index (Phi) is 5.72. The molecule has 4 rings (SSSR count). The molecule has 8 heteroatoms. The second-order valence-electron chi connectivity index (χ2n) is 7.37. The normalized spacial score (nSPS) is 15.8. The molecule has 1 unspecified atom stereocenters. The van der Waals surface area contributed by atoms with Gasteiger partial charge in [-0.2, -0.15) is 0 Å². The number of nitrogens with zero attached hydrogens (tertiary/aromatic N) is 2. The van der Waals surface area contributed by atoms with Gasteiger partial charge in [-0.1, -0.05) is 41.9 Å². The predicted octanol–water partition coefficient (Wildman–Crippen LogP) is 3.78. The number of carbonyl (C=O) groups is 2. The van der Waals surface area contributed by atoms with E-state index in [1.165, 1.54) is 19.8 Å². The molecule has 0 radical (unpaired) electrons. The third-order valence-corrected chi connectivity index (χ3v) is 5.70. The lowest BCUT2D eigenvalue weighted by Crippen LogP contribution is -2.32. The van der Waals surface area contributed by atoms with Crippen LogP contribution in [0.4, 0.5) is 5.82 Å². The van der Waals surface area contributed by atoms with Gasteiger partial charge in [0.05, 0.1) is 14.2 Å². The lowest BCUT2D eigenvalue weighted by molar-refractivity contribution is -0.141. The Morgan fingerprint density at radius 3 is 2.67 bits per heavy atom. The fraction of sp³-hybridized carbons (Fsp3) is 0.364. The minimum absolute atomic E-state index is 0.00684. The zero-order chi connectivity index (χ0) is 21.3. The van der Waals surface area contributed by atoms with Gasteiger partial charge < -0.3 is 14.8 Å². The van der Waals surface area contributed by atoms with E-state index in [1.54, 1.807) is 0 Å². The van der Waals surface area contributed by atoms with E-state index < -0.39 is 18.0 Å². The van der Waals surface area contributed by atoms with Crippen molar-refractivity contribution in [3.63, 3.8) is 0 Å². The maximum absolute atomic E-state index is 12.5. The lowest BCUT2D eigenvalue weighted by atomic mass is 9.99. The van der Waals surface area contributed by atoms with Crippen LogP contribution < -0.4 is 5.32 Å². The summed E-state index contributed by atoms with van der Waals surface area (Å²) in [5.74, 6) is -0.142. The van der Waals surface area contributed by atoms with Crippen LogP contribution in [0.3, 0.4) is 0 Å². The largest absolute Gasteiger partial charge is 0.467 e. The molecule has 2 aliphatic rings. The van der Waals surface area contributed by atoms with Gasteiger partial charge in [-0.25, -0.2) is 19.6 Å². The summed E-state index contributed by atoms with van der Waals surface area (Å²) in [6.45, 7) is 0. The van der Waals surface area contributed by atoms with Crippen molar-refractivity contribution in [1.29, 1.82) is 0 Å².